The number of hydrogen-bond donors (Lipinski definition) is 1. The molecule has 2 rings (SSSR count). The van der Waals surface area contributed by atoms with E-state index in [2.05, 4.69) is 46.1 Å². The average molecular weight is 368 g/mol. The number of carbonyl (C=O) groups excluding carboxylic acids is 1. The number of allylic oxidation sites excluding steroid dienone is 2. The van der Waals surface area contributed by atoms with Crippen LogP contribution < -0.4 is 5.43 Å². The van der Waals surface area contributed by atoms with Gasteiger partial charge in [0.25, 0.3) is 5.91 Å². The van der Waals surface area contributed by atoms with Crippen LogP contribution in [0.2, 0.25) is 0 Å². The van der Waals surface area contributed by atoms with Gasteiger partial charge in [0.05, 0.1) is 0 Å². The molecule has 1 aliphatic carbocycles. The van der Waals surface area contributed by atoms with E-state index in [1.54, 1.807) is 12.1 Å². The molecular formula is C15H17IN2O. The summed E-state index contributed by atoms with van der Waals surface area (Å²) in [6, 6.07) is 7.43. The molecule has 19 heavy (non-hydrogen) atoms. The number of benzene rings is 1. The van der Waals surface area contributed by atoms with E-state index in [0.717, 1.165) is 22.8 Å². The summed E-state index contributed by atoms with van der Waals surface area (Å²) < 4.78 is 1.11. The zero-order chi connectivity index (χ0) is 13.7. The van der Waals surface area contributed by atoms with Crippen LogP contribution in [0, 0.1) is 9.49 Å². The van der Waals surface area contributed by atoms with E-state index in [9.17, 15) is 4.79 Å². The fourth-order valence-corrected chi connectivity index (χ4v) is 2.35. The minimum Gasteiger partial charge on any atom is -0.267 e. The fraction of sp³-hybridized carbons (Fsp3) is 0.333. The molecule has 100 valence electrons. The Morgan fingerprint density at radius 3 is 2.79 bits per heavy atom. The highest BCUT2D eigenvalue weighted by molar-refractivity contribution is 14.1. The summed E-state index contributed by atoms with van der Waals surface area (Å²) in [5, 5.41) is 4.06. The van der Waals surface area contributed by atoms with Crippen molar-refractivity contribution in [1.29, 1.82) is 0 Å². The molecule has 1 aromatic carbocycles. The summed E-state index contributed by atoms with van der Waals surface area (Å²) in [5.41, 5.74) is 4.67. The third-order valence-electron chi connectivity index (χ3n) is 3.24. The van der Waals surface area contributed by atoms with Crippen molar-refractivity contribution in [2.75, 3.05) is 0 Å². The molecule has 0 unspecified atom stereocenters. The van der Waals surface area contributed by atoms with Crippen molar-refractivity contribution in [3.05, 3.63) is 45.0 Å². The van der Waals surface area contributed by atoms with Crippen LogP contribution in [0.25, 0.3) is 0 Å². The highest BCUT2D eigenvalue weighted by atomic mass is 127. The normalized spacial score (nSPS) is 19.3. The molecular weight excluding hydrogens is 351 g/mol. The summed E-state index contributed by atoms with van der Waals surface area (Å²) in [6.07, 6.45) is 7.37. The van der Waals surface area contributed by atoms with Gasteiger partial charge in [-0.2, -0.15) is 5.10 Å². The largest absolute Gasteiger partial charge is 0.271 e. The Morgan fingerprint density at radius 2 is 2.16 bits per heavy atom. The first kappa shape index (κ1) is 14.2. The third-order valence-corrected chi connectivity index (χ3v) is 3.96. The van der Waals surface area contributed by atoms with Gasteiger partial charge in [-0.15, -0.1) is 0 Å². The zero-order valence-electron chi connectivity index (χ0n) is 10.9. The van der Waals surface area contributed by atoms with Crippen LogP contribution in [0.5, 0.6) is 0 Å². The van der Waals surface area contributed by atoms with E-state index in [1.165, 1.54) is 5.57 Å². The lowest BCUT2D eigenvalue weighted by Crippen LogP contribution is -2.19. The standard InChI is InChI=1S/C15H17IN2O/c1-11-2-4-12(5-3-11)10-17-18-15(19)13-6-8-14(16)9-7-13/h2,6-10,12H,3-5H2,1H3,(H,18,19)/b17-10+/t12-/m1/s1. The van der Waals surface area contributed by atoms with Crippen LogP contribution in [0.15, 0.2) is 41.0 Å². The number of nitrogens with zero attached hydrogens (tertiary/aromatic N) is 1. The number of carbonyl (C=O) groups is 1. The topological polar surface area (TPSA) is 41.5 Å². The lowest BCUT2D eigenvalue weighted by Gasteiger charge is -2.15. The molecule has 0 radical (unpaired) electrons. The van der Waals surface area contributed by atoms with Crippen molar-refractivity contribution in [1.82, 2.24) is 5.43 Å². The Hall–Kier alpha value is -1.17. The van der Waals surface area contributed by atoms with Gasteiger partial charge in [-0.05, 0) is 79.0 Å². The predicted molar refractivity (Wildman–Crippen MR) is 86.2 cm³/mol. The Bertz CT molecular complexity index is 505. The molecule has 1 aliphatic rings. The van der Waals surface area contributed by atoms with Crippen LogP contribution in [0.3, 0.4) is 0 Å². The molecule has 0 fully saturated rings. The number of nitrogens with one attached hydrogen (secondary N) is 1. The predicted octanol–water partition coefficient (Wildman–Crippen LogP) is 3.75. The van der Waals surface area contributed by atoms with Gasteiger partial charge in [-0.3, -0.25) is 4.79 Å². The van der Waals surface area contributed by atoms with Gasteiger partial charge < -0.3 is 0 Å². The SMILES string of the molecule is CC1=CC[C@@H](/C=N/NC(=O)c2ccc(I)cc2)CC1. The smallest absolute Gasteiger partial charge is 0.267 e. The average Bonchev–Trinajstić information content (AvgIpc) is 2.41. The summed E-state index contributed by atoms with van der Waals surface area (Å²) in [6.45, 7) is 2.16. The van der Waals surface area contributed by atoms with Gasteiger partial charge in [-0.25, -0.2) is 5.43 Å². The molecule has 1 atom stereocenters. The minimum absolute atomic E-state index is 0.157. The number of amides is 1. The molecule has 0 bridgehead atoms. The Balaban J connectivity index is 1.85. The van der Waals surface area contributed by atoms with Crippen LogP contribution >= 0.6 is 22.6 Å². The van der Waals surface area contributed by atoms with E-state index >= 15 is 0 Å². The second-order valence-corrected chi connectivity index (χ2v) is 6.06. The molecule has 1 amide bonds. The van der Waals surface area contributed by atoms with E-state index in [-0.39, 0.29) is 5.91 Å². The molecule has 0 saturated heterocycles. The second kappa shape index (κ2) is 6.84. The van der Waals surface area contributed by atoms with Crippen LogP contribution in [0.4, 0.5) is 0 Å². The van der Waals surface area contributed by atoms with Crippen molar-refractivity contribution < 1.29 is 4.79 Å². The fourth-order valence-electron chi connectivity index (χ4n) is 1.99. The Labute approximate surface area is 127 Å². The lowest BCUT2D eigenvalue weighted by molar-refractivity contribution is 0.0955. The quantitative estimate of drug-likeness (QED) is 0.375. The van der Waals surface area contributed by atoms with Gasteiger partial charge >= 0.3 is 0 Å². The number of halogens is 1. The molecule has 4 heteroatoms. The maximum absolute atomic E-state index is 11.8. The van der Waals surface area contributed by atoms with Gasteiger partial charge in [0.15, 0.2) is 0 Å². The maximum atomic E-state index is 11.8. The molecule has 0 heterocycles. The number of rotatable bonds is 3. The van der Waals surface area contributed by atoms with E-state index in [1.807, 2.05) is 18.3 Å². The molecule has 3 nitrogen and oxygen atoms in total. The number of hydrazone groups is 1. The molecule has 1 N–H and O–H groups in total. The first-order valence-electron chi connectivity index (χ1n) is 6.40. The van der Waals surface area contributed by atoms with Crippen LogP contribution in [-0.2, 0) is 0 Å². The third kappa shape index (κ3) is 4.45. The molecule has 0 saturated carbocycles. The van der Waals surface area contributed by atoms with E-state index in [4.69, 9.17) is 0 Å². The Kier molecular flexibility index (Phi) is 5.13. The van der Waals surface area contributed by atoms with Gasteiger partial charge in [0, 0.05) is 15.3 Å². The lowest BCUT2D eigenvalue weighted by atomic mass is 9.91. The highest BCUT2D eigenvalue weighted by Crippen LogP contribution is 2.21. The zero-order valence-corrected chi connectivity index (χ0v) is 13.1. The first-order valence-corrected chi connectivity index (χ1v) is 7.48. The van der Waals surface area contributed by atoms with E-state index in [0.29, 0.717) is 11.5 Å². The summed E-state index contributed by atoms with van der Waals surface area (Å²) in [7, 11) is 0. The van der Waals surface area contributed by atoms with Crippen LogP contribution in [-0.4, -0.2) is 12.1 Å². The van der Waals surface area contributed by atoms with Crippen LogP contribution in [0.1, 0.15) is 36.5 Å². The maximum Gasteiger partial charge on any atom is 0.271 e. The van der Waals surface area contributed by atoms with E-state index < -0.39 is 0 Å². The highest BCUT2D eigenvalue weighted by Gasteiger charge is 2.10. The van der Waals surface area contributed by atoms with Crippen molar-refractivity contribution in [3.8, 4) is 0 Å². The Morgan fingerprint density at radius 1 is 1.42 bits per heavy atom. The molecule has 0 aromatic heterocycles. The summed E-state index contributed by atoms with van der Waals surface area (Å²) in [5.74, 6) is 0.288. The van der Waals surface area contributed by atoms with Gasteiger partial charge in [0.2, 0.25) is 0 Å². The number of hydrogen-bond acceptors (Lipinski definition) is 2. The monoisotopic (exact) mass is 368 g/mol. The second-order valence-electron chi connectivity index (χ2n) is 4.81. The molecule has 0 spiro atoms. The van der Waals surface area contributed by atoms with Crippen molar-refractivity contribution in [2.24, 2.45) is 11.0 Å². The van der Waals surface area contributed by atoms with Crippen molar-refractivity contribution in [2.45, 2.75) is 26.2 Å². The summed E-state index contributed by atoms with van der Waals surface area (Å²) in [4.78, 5) is 11.8. The first-order chi connectivity index (χ1) is 9.15. The van der Waals surface area contributed by atoms with Gasteiger partial charge in [0.1, 0.15) is 0 Å². The minimum atomic E-state index is -0.157. The molecule has 0 aliphatic heterocycles. The van der Waals surface area contributed by atoms with Gasteiger partial charge in [-0.1, -0.05) is 11.6 Å². The summed E-state index contributed by atoms with van der Waals surface area (Å²) >= 11 is 2.21. The molecule has 1 aromatic rings. The van der Waals surface area contributed by atoms with Crippen molar-refractivity contribution >= 4 is 34.7 Å². The van der Waals surface area contributed by atoms with Crippen molar-refractivity contribution in [3.63, 3.8) is 0 Å².